The maximum atomic E-state index is 10.00. The van der Waals surface area contributed by atoms with Gasteiger partial charge in [0, 0.05) is 18.2 Å². The van der Waals surface area contributed by atoms with Crippen LogP contribution in [0.3, 0.4) is 0 Å². The van der Waals surface area contributed by atoms with Crippen molar-refractivity contribution in [3.05, 3.63) is 17.7 Å². The first-order chi connectivity index (χ1) is 8.63. The number of hydrogen-bond donors (Lipinski definition) is 3. The van der Waals surface area contributed by atoms with E-state index < -0.39 is 0 Å². The molecule has 0 saturated carbocycles. The van der Waals surface area contributed by atoms with Crippen LogP contribution in [0.25, 0.3) is 0 Å². The van der Waals surface area contributed by atoms with E-state index in [-0.39, 0.29) is 11.8 Å². The molecule has 102 valence electrons. The smallest absolute Gasteiger partial charge is 0.131 e. The zero-order chi connectivity index (χ0) is 13.5. The number of phenolic OH excluding ortho intramolecular Hbond substituents is 1. The predicted molar refractivity (Wildman–Crippen MR) is 71.0 cm³/mol. The Morgan fingerprint density at radius 3 is 2.50 bits per heavy atom. The second kappa shape index (κ2) is 7.08. The van der Waals surface area contributed by atoms with E-state index in [2.05, 4.69) is 0 Å². The third-order valence-electron chi connectivity index (χ3n) is 2.89. The number of rotatable bonds is 7. The molecule has 5 nitrogen and oxygen atoms in total. The number of ether oxygens (including phenoxy) is 2. The highest BCUT2D eigenvalue weighted by Gasteiger charge is 2.18. The molecule has 0 aliphatic rings. The van der Waals surface area contributed by atoms with Crippen LogP contribution in [0.15, 0.2) is 12.1 Å². The van der Waals surface area contributed by atoms with Gasteiger partial charge in [0.2, 0.25) is 0 Å². The lowest BCUT2D eigenvalue weighted by molar-refractivity contribution is 0.373. The first-order valence-electron chi connectivity index (χ1n) is 6.04. The Morgan fingerprint density at radius 1 is 1.22 bits per heavy atom. The van der Waals surface area contributed by atoms with Crippen molar-refractivity contribution in [1.29, 1.82) is 0 Å². The van der Waals surface area contributed by atoms with E-state index in [1.165, 1.54) is 7.11 Å². The molecule has 0 spiro atoms. The molecule has 0 fully saturated rings. The third kappa shape index (κ3) is 3.51. The molecule has 0 aromatic heterocycles. The van der Waals surface area contributed by atoms with Crippen LogP contribution >= 0.6 is 0 Å². The van der Waals surface area contributed by atoms with Crippen LogP contribution in [0.4, 0.5) is 0 Å². The molecule has 0 aliphatic heterocycles. The summed E-state index contributed by atoms with van der Waals surface area (Å²) in [6, 6.07) is 3.00. The third-order valence-corrected chi connectivity index (χ3v) is 2.89. The molecule has 0 heterocycles. The van der Waals surface area contributed by atoms with Gasteiger partial charge in [-0.3, -0.25) is 0 Å². The van der Waals surface area contributed by atoms with Crippen LogP contribution in [-0.2, 0) is 0 Å². The SMILES string of the molecule is COc1cc(O)c([C@@H](N)CCCCN)c(OC)c1. The van der Waals surface area contributed by atoms with Crippen LogP contribution < -0.4 is 20.9 Å². The van der Waals surface area contributed by atoms with Crippen LogP contribution in [-0.4, -0.2) is 25.9 Å². The van der Waals surface area contributed by atoms with Gasteiger partial charge in [0.15, 0.2) is 0 Å². The standard InChI is InChI=1S/C13H22N2O3/c1-17-9-7-11(16)13(12(8-9)18-2)10(15)5-3-4-6-14/h7-8,10,16H,3-6,14-15H2,1-2H3/t10-/m0/s1. The zero-order valence-corrected chi connectivity index (χ0v) is 11.0. The van der Waals surface area contributed by atoms with E-state index >= 15 is 0 Å². The zero-order valence-electron chi connectivity index (χ0n) is 11.0. The maximum Gasteiger partial charge on any atom is 0.131 e. The van der Waals surface area contributed by atoms with E-state index in [9.17, 15) is 5.11 Å². The summed E-state index contributed by atoms with van der Waals surface area (Å²) in [4.78, 5) is 0. The van der Waals surface area contributed by atoms with Crippen LogP contribution in [0.2, 0.25) is 0 Å². The average molecular weight is 254 g/mol. The molecule has 1 atom stereocenters. The molecule has 0 amide bonds. The fourth-order valence-corrected chi connectivity index (χ4v) is 1.90. The van der Waals surface area contributed by atoms with E-state index in [0.29, 0.717) is 23.6 Å². The molecule has 1 rings (SSSR count). The van der Waals surface area contributed by atoms with Gasteiger partial charge in [-0.15, -0.1) is 0 Å². The first-order valence-corrected chi connectivity index (χ1v) is 6.04. The second-order valence-electron chi connectivity index (χ2n) is 4.15. The summed E-state index contributed by atoms with van der Waals surface area (Å²) in [6.07, 6.45) is 2.60. The van der Waals surface area contributed by atoms with Gasteiger partial charge in [0.25, 0.3) is 0 Å². The highest BCUT2D eigenvalue weighted by molar-refractivity contribution is 5.51. The van der Waals surface area contributed by atoms with Crippen molar-refractivity contribution >= 4 is 0 Å². The van der Waals surface area contributed by atoms with E-state index in [1.807, 2.05) is 0 Å². The highest BCUT2D eigenvalue weighted by Crippen LogP contribution is 2.38. The summed E-state index contributed by atoms with van der Waals surface area (Å²) >= 11 is 0. The highest BCUT2D eigenvalue weighted by atomic mass is 16.5. The van der Waals surface area contributed by atoms with Gasteiger partial charge in [-0.25, -0.2) is 0 Å². The summed E-state index contributed by atoms with van der Waals surface area (Å²) in [6.45, 7) is 0.651. The van der Waals surface area contributed by atoms with Crippen molar-refractivity contribution in [2.24, 2.45) is 11.5 Å². The molecule has 0 saturated heterocycles. The molecule has 18 heavy (non-hydrogen) atoms. The Hall–Kier alpha value is -1.46. The number of benzene rings is 1. The fourth-order valence-electron chi connectivity index (χ4n) is 1.90. The Balaban J connectivity index is 2.92. The molecule has 5 heteroatoms. The van der Waals surface area contributed by atoms with Crippen molar-refractivity contribution in [2.45, 2.75) is 25.3 Å². The summed E-state index contributed by atoms with van der Waals surface area (Å²) in [7, 11) is 3.08. The largest absolute Gasteiger partial charge is 0.507 e. The van der Waals surface area contributed by atoms with Crippen molar-refractivity contribution < 1.29 is 14.6 Å². The average Bonchev–Trinajstić information content (AvgIpc) is 2.37. The molecule has 5 N–H and O–H groups in total. The molecule has 0 bridgehead atoms. The lowest BCUT2D eigenvalue weighted by atomic mass is 9.99. The number of phenols is 1. The van der Waals surface area contributed by atoms with E-state index in [1.54, 1.807) is 19.2 Å². The minimum absolute atomic E-state index is 0.103. The summed E-state index contributed by atoms with van der Waals surface area (Å²) in [5.74, 6) is 1.20. The number of aromatic hydroxyl groups is 1. The Kier molecular flexibility index (Phi) is 5.74. The van der Waals surface area contributed by atoms with Gasteiger partial charge < -0.3 is 26.0 Å². The van der Waals surface area contributed by atoms with Crippen LogP contribution in [0.1, 0.15) is 30.9 Å². The van der Waals surface area contributed by atoms with Crippen molar-refractivity contribution in [3.8, 4) is 17.2 Å². The van der Waals surface area contributed by atoms with Crippen LogP contribution in [0, 0.1) is 0 Å². The van der Waals surface area contributed by atoms with Crippen molar-refractivity contribution in [2.75, 3.05) is 20.8 Å². The molecule has 0 radical (unpaired) electrons. The number of methoxy groups -OCH3 is 2. The summed E-state index contributed by atoms with van der Waals surface area (Å²) in [5, 5.41) is 10.00. The number of hydrogen-bond acceptors (Lipinski definition) is 5. The molecule has 0 unspecified atom stereocenters. The van der Waals surface area contributed by atoms with Crippen molar-refractivity contribution in [1.82, 2.24) is 0 Å². The van der Waals surface area contributed by atoms with Gasteiger partial charge in [-0.2, -0.15) is 0 Å². The number of nitrogens with two attached hydrogens (primary N) is 2. The minimum Gasteiger partial charge on any atom is -0.507 e. The first kappa shape index (κ1) is 14.6. The summed E-state index contributed by atoms with van der Waals surface area (Å²) < 4.78 is 10.3. The monoisotopic (exact) mass is 254 g/mol. The van der Waals surface area contributed by atoms with Gasteiger partial charge >= 0.3 is 0 Å². The predicted octanol–water partition coefficient (Wildman–Crippen LogP) is 1.54. The normalized spacial score (nSPS) is 12.2. The fraction of sp³-hybridized carbons (Fsp3) is 0.538. The molecule has 1 aromatic rings. The van der Waals surface area contributed by atoms with Gasteiger partial charge in [-0.1, -0.05) is 6.42 Å². The maximum absolute atomic E-state index is 10.00. The lowest BCUT2D eigenvalue weighted by Gasteiger charge is -2.18. The lowest BCUT2D eigenvalue weighted by Crippen LogP contribution is -2.12. The quantitative estimate of drug-likeness (QED) is 0.642. The van der Waals surface area contributed by atoms with E-state index in [4.69, 9.17) is 20.9 Å². The molecular weight excluding hydrogens is 232 g/mol. The second-order valence-corrected chi connectivity index (χ2v) is 4.15. The summed E-state index contributed by atoms with van der Waals surface area (Å²) in [5.41, 5.74) is 12.1. The van der Waals surface area contributed by atoms with Gasteiger partial charge in [0.05, 0.1) is 19.8 Å². The molecule has 1 aromatic carbocycles. The molecule has 0 aliphatic carbocycles. The van der Waals surface area contributed by atoms with Crippen LogP contribution in [0.5, 0.6) is 17.2 Å². The van der Waals surface area contributed by atoms with Crippen molar-refractivity contribution in [3.63, 3.8) is 0 Å². The molecular formula is C13H22N2O3. The Labute approximate surface area is 108 Å². The van der Waals surface area contributed by atoms with Gasteiger partial charge in [0.1, 0.15) is 17.2 Å². The Morgan fingerprint density at radius 2 is 1.94 bits per heavy atom. The number of unbranched alkanes of at least 4 members (excludes halogenated alkanes) is 1. The van der Waals surface area contributed by atoms with E-state index in [0.717, 1.165) is 19.3 Å². The topological polar surface area (TPSA) is 90.7 Å². The Bertz CT molecular complexity index is 383. The van der Waals surface area contributed by atoms with Gasteiger partial charge in [-0.05, 0) is 19.4 Å². The minimum atomic E-state index is -0.266.